The first-order valence-corrected chi connectivity index (χ1v) is 8.82. The van der Waals surface area contributed by atoms with Gasteiger partial charge in [0.2, 0.25) is 0 Å². The number of benzene rings is 2. The number of carboxylic acids is 1. The molecule has 1 amide bonds. The van der Waals surface area contributed by atoms with Crippen molar-refractivity contribution in [2.45, 2.75) is 6.18 Å². The minimum absolute atomic E-state index is 0.0161. The van der Waals surface area contributed by atoms with Crippen LogP contribution in [-0.4, -0.2) is 26.4 Å². The number of carboxylic acid groups (broad SMARTS) is 1. The molecule has 144 valence electrons. The molecule has 10 heteroatoms. The Labute approximate surface area is 166 Å². The minimum Gasteiger partial charge on any atom is -0.507 e. The van der Waals surface area contributed by atoms with E-state index in [9.17, 15) is 27.9 Å². The summed E-state index contributed by atoms with van der Waals surface area (Å²) < 4.78 is 38.8. The number of hydrogen-bond donors (Lipinski definition) is 2. The summed E-state index contributed by atoms with van der Waals surface area (Å²) in [6.45, 7) is 0. The van der Waals surface area contributed by atoms with E-state index in [-0.39, 0.29) is 20.5 Å². The van der Waals surface area contributed by atoms with Crippen molar-refractivity contribution in [3.63, 3.8) is 0 Å². The van der Waals surface area contributed by atoms with Gasteiger partial charge in [0.1, 0.15) is 11.3 Å². The van der Waals surface area contributed by atoms with E-state index in [4.69, 9.17) is 17.3 Å². The van der Waals surface area contributed by atoms with Crippen molar-refractivity contribution >= 4 is 51.9 Å². The number of thiocarbonyl (C=S) groups is 1. The standard InChI is InChI=1S/C18H10F3NO4S2/c19-18(20,21)10-2-1-3-11(8-10)22-15(24)14(28-17(22)27)7-9-4-5-13(23)12(6-9)16(25)26/h1-8,23H,(H,25,26)/b14-7-. The molecule has 0 radical (unpaired) electrons. The molecule has 0 aromatic heterocycles. The van der Waals surface area contributed by atoms with Gasteiger partial charge >= 0.3 is 12.1 Å². The largest absolute Gasteiger partial charge is 0.507 e. The van der Waals surface area contributed by atoms with E-state index in [2.05, 4.69) is 0 Å². The molecular weight excluding hydrogens is 415 g/mol. The zero-order valence-corrected chi connectivity index (χ0v) is 15.4. The number of carbonyl (C=O) groups excluding carboxylic acids is 1. The Kier molecular flexibility index (Phi) is 5.18. The molecule has 0 spiro atoms. The van der Waals surface area contributed by atoms with E-state index in [1.165, 1.54) is 36.4 Å². The number of aromatic hydroxyl groups is 1. The van der Waals surface area contributed by atoms with E-state index in [0.29, 0.717) is 5.56 Å². The minimum atomic E-state index is -4.56. The number of nitrogens with zero attached hydrogens (tertiary/aromatic N) is 1. The van der Waals surface area contributed by atoms with Crippen molar-refractivity contribution in [2.24, 2.45) is 0 Å². The number of anilines is 1. The third-order valence-electron chi connectivity index (χ3n) is 3.77. The van der Waals surface area contributed by atoms with Gasteiger partial charge in [-0.1, -0.05) is 36.1 Å². The Hall–Kier alpha value is -2.85. The predicted octanol–water partition coefficient (Wildman–Crippen LogP) is 4.52. The lowest BCUT2D eigenvalue weighted by atomic mass is 10.1. The van der Waals surface area contributed by atoms with E-state index < -0.39 is 29.4 Å². The van der Waals surface area contributed by atoms with Crippen LogP contribution in [0, 0.1) is 0 Å². The van der Waals surface area contributed by atoms with E-state index in [1.54, 1.807) is 0 Å². The maximum Gasteiger partial charge on any atom is 0.416 e. The van der Waals surface area contributed by atoms with Gasteiger partial charge in [0, 0.05) is 0 Å². The Morgan fingerprint density at radius 2 is 1.89 bits per heavy atom. The quantitative estimate of drug-likeness (QED) is 0.556. The Morgan fingerprint density at radius 3 is 2.54 bits per heavy atom. The number of alkyl halides is 3. The molecule has 1 saturated heterocycles. The summed E-state index contributed by atoms with van der Waals surface area (Å²) in [4.78, 5) is 24.9. The second-order valence-corrected chi connectivity index (χ2v) is 7.32. The topological polar surface area (TPSA) is 77.8 Å². The van der Waals surface area contributed by atoms with Crippen LogP contribution in [0.2, 0.25) is 0 Å². The first-order chi connectivity index (χ1) is 13.1. The Balaban J connectivity index is 1.96. The van der Waals surface area contributed by atoms with Crippen molar-refractivity contribution in [3.8, 4) is 5.75 Å². The molecule has 1 aliphatic heterocycles. The fourth-order valence-corrected chi connectivity index (χ4v) is 3.78. The number of thioether (sulfide) groups is 1. The van der Waals surface area contributed by atoms with Gasteiger partial charge in [-0.25, -0.2) is 4.79 Å². The highest BCUT2D eigenvalue weighted by atomic mass is 32.2. The van der Waals surface area contributed by atoms with Gasteiger partial charge in [-0.15, -0.1) is 0 Å². The van der Waals surface area contributed by atoms with Crippen LogP contribution in [0.25, 0.3) is 6.08 Å². The summed E-state index contributed by atoms with van der Waals surface area (Å²) in [7, 11) is 0. The zero-order valence-electron chi connectivity index (χ0n) is 13.7. The molecule has 0 atom stereocenters. The highest BCUT2D eigenvalue weighted by Gasteiger charge is 2.36. The predicted molar refractivity (Wildman–Crippen MR) is 102 cm³/mol. The van der Waals surface area contributed by atoms with Crippen molar-refractivity contribution in [2.75, 3.05) is 4.90 Å². The summed E-state index contributed by atoms with van der Waals surface area (Å²) in [6, 6.07) is 7.99. The second-order valence-electron chi connectivity index (χ2n) is 5.65. The molecule has 2 aromatic rings. The summed E-state index contributed by atoms with van der Waals surface area (Å²) >= 11 is 6.01. The molecule has 2 N–H and O–H groups in total. The highest BCUT2D eigenvalue weighted by molar-refractivity contribution is 8.27. The average Bonchev–Trinajstić information content (AvgIpc) is 2.89. The lowest BCUT2D eigenvalue weighted by Gasteiger charge is -2.16. The van der Waals surface area contributed by atoms with Gasteiger partial charge < -0.3 is 10.2 Å². The second kappa shape index (κ2) is 7.28. The number of halogens is 3. The summed E-state index contributed by atoms with van der Waals surface area (Å²) in [5.41, 5.74) is -0.952. The summed E-state index contributed by atoms with van der Waals surface area (Å²) in [5.74, 6) is -2.40. The van der Waals surface area contributed by atoms with Gasteiger partial charge in [-0.05, 0) is 42.0 Å². The third kappa shape index (κ3) is 3.87. The summed E-state index contributed by atoms with van der Waals surface area (Å²) in [5, 5.41) is 18.6. The van der Waals surface area contributed by atoms with Crippen molar-refractivity contribution in [1.82, 2.24) is 0 Å². The maximum absolute atomic E-state index is 12.9. The first-order valence-electron chi connectivity index (χ1n) is 7.59. The van der Waals surface area contributed by atoms with Gasteiger partial charge in [-0.2, -0.15) is 13.2 Å². The van der Waals surface area contributed by atoms with Gasteiger partial charge in [0.05, 0.1) is 16.2 Å². The Morgan fingerprint density at radius 1 is 1.18 bits per heavy atom. The number of rotatable bonds is 3. The maximum atomic E-state index is 12.9. The van der Waals surface area contributed by atoms with E-state index >= 15 is 0 Å². The molecule has 0 aliphatic carbocycles. The smallest absolute Gasteiger partial charge is 0.416 e. The zero-order chi connectivity index (χ0) is 20.6. The number of phenols is 1. The van der Waals surface area contributed by atoms with Crippen LogP contribution in [0.15, 0.2) is 47.4 Å². The Bertz CT molecular complexity index is 1030. The van der Waals surface area contributed by atoms with Crippen LogP contribution in [0.4, 0.5) is 18.9 Å². The van der Waals surface area contributed by atoms with Crippen LogP contribution in [-0.2, 0) is 11.0 Å². The molecule has 0 saturated carbocycles. The highest BCUT2D eigenvalue weighted by Crippen LogP contribution is 2.38. The number of carbonyl (C=O) groups is 2. The molecular formula is C18H10F3NO4S2. The van der Waals surface area contributed by atoms with Crippen molar-refractivity contribution < 1.29 is 33.0 Å². The SMILES string of the molecule is O=C(O)c1cc(/C=C2\SC(=S)N(c3cccc(C(F)(F)F)c3)C2=O)ccc1O. The number of amides is 1. The van der Waals surface area contributed by atoms with Crippen LogP contribution in [0.1, 0.15) is 21.5 Å². The average molecular weight is 425 g/mol. The number of hydrogen-bond acceptors (Lipinski definition) is 5. The van der Waals surface area contributed by atoms with Gasteiger partial charge in [0.15, 0.2) is 4.32 Å². The summed E-state index contributed by atoms with van der Waals surface area (Å²) in [6.07, 6.45) is -3.20. The molecule has 2 aromatic carbocycles. The molecule has 1 fully saturated rings. The van der Waals surface area contributed by atoms with Crippen LogP contribution >= 0.6 is 24.0 Å². The van der Waals surface area contributed by atoms with Crippen molar-refractivity contribution in [1.29, 1.82) is 0 Å². The van der Waals surface area contributed by atoms with Crippen LogP contribution < -0.4 is 4.90 Å². The van der Waals surface area contributed by atoms with E-state index in [1.807, 2.05) is 0 Å². The third-order valence-corrected chi connectivity index (χ3v) is 5.08. The van der Waals surface area contributed by atoms with Crippen LogP contribution in [0.3, 0.4) is 0 Å². The molecule has 0 bridgehead atoms. The fourth-order valence-electron chi connectivity index (χ4n) is 2.48. The van der Waals surface area contributed by atoms with Crippen molar-refractivity contribution in [3.05, 3.63) is 64.1 Å². The molecule has 5 nitrogen and oxygen atoms in total. The normalized spacial score (nSPS) is 16.1. The molecule has 1 heterocycles. The molecule has 0 unspecified atom stereocenters. The van der Waals surface area contributed by atoms with Crippen LogP contribution in [0.5, 0.6) is 5.75 Å². The lowest BCUT2D eigenvalue weighted by Crippen LogP contribution is -2.27. The number of aromatic carboxylic acids is 1. The molecule has 1 aliphatic rings. The van der Waals surface area contributed by atoms with E-state index in [0.717, 1.165) is 28.8 Å². The van der Waals surface area contributed by atoms with Gasteiger partial charge in [-0.3, -0.25) is 9.69 Å². The molecule has 3 rings (SSSR count). The monoisotopic (exact) mass is 425 g/mol. The van der Waals surface area contributed by atoms with Gasteiger partial charge in [0.25, 0.3) is 5.91 Å². The molecule has 28 heavy (non-hydrogen) atoms. The fraction of sp³-hybridized carbons (Fsp3) is 0.0556. The lowest BCUT2D eigenvalue weighted by molar-refractivity contribution is -0.137. The first kappa shape index (κ1) is 19.9.